The van der Waals surface area contributed by atoms with Gasteiger partial charge >= 0.3 is 0 Å². The van der Waals surface area contributed by atoms with Gasteiger partial charge in [0.15, 0.2) is 0 Å². The van der Waals surface area contributed by atoms with Gasteiger partial charge in [0.25, 0.3) is 5.69 Å². The number of benzene rings is 1. The molecule has 0 saturated heterocycles. The minimum absolute atomic E-state index is 0.0145. The predicted molar refractivity (Wildman–Crippen MR) is 74.5 cm³/mol. The van der Waals surface area contributed by atoms with Gasteiger partial charge in [0.05, 0.1) is 24.7 Å². The number of rotatable bonds is 10. The van der Waals surface area contributed by atoms with Gasteiger partial charge in [-0.15, -0.1) is 0 Å². The quantitative estimate of drug-likeness (QED) is 0.304. The summed E-state index contributed by atoms with van der Waals surface area (Å²) < 4.78 is 15.6. The molecule has 7 nitrogen and oxygen atoms in total. The van der Waals surface area contributed by atoms with E-state index >= 15 is 0 Å². The molecule has 1 aromatic carbocycles. The molecule has 0 aliphatic carbocycles. The summed E-state index contributed by atoms with van der Waals surface area (Å²) in [5.41, 5.74) is 6.88. The first kappa shape index (κ1) is 16.4. The first-order valence-corrected chi connectivity index (χ1v) is 6.32. The molecule has 0 atom stereocenters. The number of methoxy groups -OCH3 is 1. The van der Waals surface area contributed by atoms with Crippen molar-refractivity contribution < 1.29 is 19.1 Å². The number of nitrogen functional groups attached to an aromatic ring is 1. The molecule has 0 fully saturated rings. The molecule has 0 aromatic heterocycles. The van der Waals surface area contributed by atoms with Crippen molar-refractivity contribution in [3.05, 3.63) is 33.9 Å². The van der Waals surface area contributed by atoms with E-state index in [0.29, 0.717) is 37.7 Å². The highest BCUT2D eigenvalue weighted by Gasteiger charge is 2.09. The van der Waals surface area contributed by atoms with Crippen LogP contribution in [0.25, 0.3) is 0 Å². The zero-order valence-electron chi connectivity index (χ0n) is 11.5. The van der Waals surface area contributed by atoms with Crippen LogP contribution in [0, 0.1) is 10.1 Å². The lowest BCUT2D eigenvalue weighted by atomic mass is 10.2. The van der Waals surface area contributed by atoms with E-state index in [1.807, 2.05) is 0 Å². The largest absolute Gasteiger partial charge is 0.398 e. The first-order valence-electron chi connectivity index (χ1n) is 6.32. The Morgan fingerprint density at radius 3 is 2.65 bits per heavy atom. The van der Waals surface area contributed by atoms with Crippen LogP contribution in [0.4, 0.5) is 11.4 Å². The molecule has 0 heterocycles. The number of non-ortho nitro benzene ring substituents is 1. The fourth-order valence-electron chi connectivity index (χ4n) is 1.52. The SMILES string of the molecule is COCCOCCCOCc1cc([N+](=O)[O-])ccc1N. The Labute approximate surface area is 117 Å². The highest BCUT2D eigenvalue weighted by Crippen LogP contribution is 2.20. The summed E-state index contributed by atoms with van der Waals surface area (Å²) in [5, 5.41) is 10.7. The Morgan fingerprint density at radius 2 is 1.95 bits per heavy atom. The van der Waals surface area contributed by atoms with Crippen LogP contribution in [0.2, 0.25) is 0 Å². The summed E-state index contributed by atoms with van der Waals surface area (Å²) in [6.45, 7) is 2.49. The molecular formula is C13H20N2O5. The van der Waals surface area contributed by atoms with Gasteiger partial charge in [-0.25, -0.2) is 0 Å². The zero-order valence-corrected chi connectivity index (χ0v) is 11.5. The van der Waals surface area contributed by atoms with Crippen LogP contribution in [0.5, 0.6) is 0 Å². The minimum atomic E-state index is -0.452. The Hall–Kier alpha value is -1.70. The molecule has 0 aliphatic heterocycles. The van der Waals surface area contributed by atoms with E-state index in [0.717, 1.165) is 6.42 Å². The molecule has 1 rings (SSSR count). The molecule has 0 saturated carbocycles. The number of ether oxygens (including phenoxy) is 3. The van der Waals surface area contributed by atoms with Crippen LogP contribution in [0.3, 0.4) is 0 Å². The first-order chi connectivity index (χ1) is 9.65. The smallest absolute Gasteiger partial charge is 0.269 e. The zero-order chi connectivity index (χ0) is 14.8. The van der Waals surface area contributed by atoms with E-state index in [1.54, 1.807) is 7.11 Å². The number of hydrogen-bond acceptors (Lipinski definition) is 6. The lowest BCUT2D eigenvalue weighted by molar-refractivity contribution is -0.384. The second-order valence-electron chi connectivity index (χ2n) is 4.15. The topological polar surface area (TPSA) is 96.8 Å². The van der Waals surface area contributed by atoms with Gasteiger partial charge in [-0.3, -0.25) is 10.1 Å². The van der Waals surface area contributed by atoms with E-state index in [1.165, 1.54) is 18.2 Å². The van der Waals surface area contributed by atoms with Crippen LogP contribution in [-0.4, -0.2) is 38.5 Å². The Bertz CT molecular complexity index is 425. The Kier molecular flexibility index (Phi) is 7.56. The molecule has 0 aliphatic rings. The van der Waals surface area contributed by atoms with Gasteiger partial charge < -0.3 is 19.9 Å². The monoisotopic (exact) mass is 284 g/mol. The van der Waals surface area contributed by atoms with Crippen molar-refractivity contribution >= 4 is 11.4 Å². The van der Waals surface area contributed by atoms with E-state index in [2.05, 4.69) is 0 Å². The maximum Gasteiger partial charge on any atom is 0.269 e. The van der Waals surface area contributed by atoms with Crippen LogP contribution in [0.1, 0.15) is 12.0 Å². The third-order valence-electron chi connectivity index (χ3n) is 2.60. The number of hydrogen-bond donors (Lipinski definition) is 1. The van der Waals surface area contributed by atoms with Crippen molar-refractivity contribution in [3.8, 4) is 0 Å². The van der Waals surface area contributed by atoms with Crippen LogP contribution in [0.15, 0.2) is 18.2 Å². The average Bonchev–Trinajstić information content (AvgIpc) is 2.43. The van der Waals surface area contributed by atoms with Gasteiger partial charge in [-0.05, 0) is 12.5 Å². The molecule has 0 amide bonds. The summed E-state index contributed by atoms with van der Waals surface area (Å²) in [6.07, 6.45) is 0.749. The molecule has 7 heteroatoms. The fourth-order valence-corrected chi connectivity index (χ4v) is 1.52. The summed E-state index contributed by atoms with van der Waals surface area (Å²) >= 11 is 0. The average molecular weight is 284 g/mol. The summed E-state index contributed by atoms with van der Waals surface area (Å²) in [5.74, 6) is 0. The van der Waals surface area contributed by atoms with Crippen molar-refractivity contribution in [2.45, 2.75) is 13.0 Å². The second kappa shape index (κ2) is 9.24. The van der Waals surface area contributed by atoms with E-state index in [4.69, 9.17) is 19.9 Å². The molecule has 0 radical (unpaired) electrons. The molecule has 20 heavy (non-hydrogen) atoms. The summed E-state index contributed by atoms with van der Waals surface area (Å²) in [7, 11) is 1.62. The standard InChI is InChI=1S/C13H20N2O5/c1-18-7-8-19-5-2-6-20-10-11-9-12(15(16)17)3-4-13(11)14/h3-4,9H,2,5-8,10,14H2,1H3. The van der Waals surface area contributed by atoms with Crippen molar-refractivity contribution in [1.82, 2.24) is 0 Å². The van der Waals surface area contributed by atoms with Gasteiger partial charge in [-0.2, -0.15) is 0 Å². The maximum atomic E-state index is 10.7. The third kappa shape index (κ3) is 5.96. The van der Waals surface area contributed by atoms with E-state index in [-0.39, 0.29) is 12.3 Å². The predicted octanol–water partition coefficient (Wildman–Crippen LogP) is 1.75. The van der Waals surface area contributed by atoms with Gasteiger partial charge in [0.2, 0.25) is 0 Å². The summed E-state index contributed by atoms with van der Waals surface area (Å²) in [4.78, 5) is 10.2. The van der Waals surface area contributed by atoms with Crippen molar-refractivity contribution in [1.29, 1.82) is 0 Å². The molecule has 112 valence electrons. The number of anilines is 1. The molecule has 2 N–H and O–H groups in total. The Morgan fingerprint density at radius 1 is 1.20 bits per heavy atom. The fraction of sp³-hybridized carbons (Fsp3) is 0.538. The summed E-state index contributed by atoms with van der Waals surface area (Å²) in [6, 6.07) is 4.33. The van der Waals surface area contributed by atoms with Crippen molar-refractivity contribution in [3.63, 3.8) is 0 Å². The lowest BCUT2D eigenvalue weighted by Crippen LogP contribution is -2.06. The normalized spacial score (nSPS) is 10.7. The van der Waals surface area contributed by atoms with Crippen molar-refractivity contribution in [2.24, 2.45) is 0 Å². The van der Waals surface area contributed by atoms with Gasteiger partial charge in [0.1, 0.15) is 0 Å². The van der Waals surface area contributed by atoms with Crippen LogP contribution >= 0.6 is 0 Å². The maximum absolute atomic E-state index is 10.7. The third-order valence-corrected chi connectivity index (χ3v) is 2.60. The lowest BCUT2D eigenvalue weighted by Gasteiger charge is -2.07. The molecule has 1 aromatic rings. The van der Waals surface area contributed by atoms with Crippen molar-refractivity contribution in [2.75, 3.05) is 39.3 Å². The highest BCUT2D eigenvalue weighted by atomic mass is 16.6. The van der Waals surface area contributed by atoms with E-state index < -0.39 is 4.92 Å². The number of nitrogens with zero attached hydrogens (tertiary/aromatic N) is 1. The molecular weight excluding hydrogens is 264 g/mol. The van der Waals surface area contributed by atoms with Gasteiger partial charge in [0, 0.05) is 43.7 Å². The Balaban J connectivity index is 2.24. The highest BCUT2D eigenvalue weighted by molar-refractivity contribution is 5.52. The number of nitrogens with two attached hydrogens (primary N) is 1. The van der Waals surface area contributed by atoms with Crippen LogP contribution < -0.4 is 5.73 Å². The molecule has 0 bridgehead atoms. The van der Waals surface area contributed by atoms with E-state index in [9.17, 15) is 10.1 Å². The number of nitro benzene ring substituents is 1. The van der Waals surface area contributed by atoms with Gasteiger partial charge in [-0.1, -0.05) is 0 Å². The molecule has 0 spiro atoms. The minimum Gasteiger partial charge on any atom is -0.398 e. The molecule has 0 unspecified atom stereocenters. The van der Waals surface area contributed by atoms with Crippen LogP contribution in [-0.2, 0) is 20.8 Å². The second-order valence-corrected chi connectivity index (χ2v) is 4.15. The number of nitro groups is 1.